The molecule has 0 spiro atoms. The number of nitrogens with one attached hydrogen (secondary N) is 2. The van der Waals surface area contributed by atoms with E-state index in [1.165, 1.54) is 7.11 Å². The van der Waals surface area contributed by atoms with Crippen LogP contribution in [0.1, 0.15) is 31.4 Å². The predicted octanol–water partition coefficient (Wildman–Crippen LogP) is 1.86. The lowest BCUT2D eigenvalue weighted by atomic mass is 10.1. The highest BCUT2D eigenvalue weighted by molar-refractivity contribution is 5.94. The lowest BCUT2D eigenvalue weighted by Gasteiger charge is -2.14. The van der Waals surface area contributed by atoms with Crippen LogP contribution in [-0.2, 0) is 14.3 Å². The summed E-state index contributed by atoms with van der Waals surface area (Å²) in [5.74, 6) is 0.146. The molecule has 5 nitrogen and oxygen atoms in total. The molecule has 5 heteroatoms. The molecule has 0 heterocycles. The highest BCUT2D eigenvalue weighted by atomic mass is 16.5. The van der Waals surface area contributed by atoms with Gasteiger partial charge in [-0.1, -0.05) is 12.1 Å². The van der Waals surface area contributed by atoms with Crippen LogP contribution in [0.5, 0.6) is 0 Å². The standard InChI is InChI=1S/C15H20N2O3/c1-10(16-14(18)9-20-2)11-5-7-13(8-6-11)17-15(19)12-3-4-12/h5-8,10,12H,3-4,9H2,1-2H3,(H,16,18)(H,17,19). The van der Waals surface area contributed by atoms with Crippen LogP contribution in [0.4, 0.5) is 5.69 Å². The Morgan fingerprint density at radius 2 is 1.95 bits per heavy atom. The van der Waals surface area contributed by atoms with E-state index in [0.717, 1.165) is 24.1 Å². The minimum atomic E-state index is -0.147. The molecular formula is C15H20N2O3. The van der Waals surface area contributed by atoms with E-state index in [2.05, 4.69) is 10.6 Å². The molecule has 1 aliphatic rings. The number of anilines is 1. The maximum atomic E-state index is 11.6. The van der Waals surface area contributed by atoms with E-state index in [9.17, 15) is 9.59 Å². The summed E-state index contributed by atoms with van der Waals surface area (Å²) in [6.45, 7) is 1.96. The van der Waals surface area contributed by atoms with Gasteiger partial charge in [0.1, 0.15) is 6.61 Å². The molecule has 0 radical (unpaired) electrons. The van der Waals surface area contributed by atoms with Crippen molar-refractivity contribution in [1.29, 1.82) is 0 Å². The van der Waals surface area contributed by atoms with Crippen LogP contribution in [-0.4, -0.2) is 25.5 Å². The minimum Gasteiger partial charge on any atom is -0.375 e. The average molecular weight is 276 g/mol. The summed E-state index contributed by atoms with van der Waals surface area (Å²) in [7, 11) is 1.49. The topological polar surface area (TPSA) is 67.4 Å². The van der Waals surface area contributed by atoms with Gasteiger partial charge in [0.2, 0.25) is 11.8 Å². The number of hydrogen-bond acceptors (Lipinski definition) is 3. The van der Waals surface area contributed by atoms with Crippen LogP contribution >= 0.6 is 0 Å². The first kappa shape index (κ1) is 14.5. The smallest absolute Gasteiger partial charge is 0.246 e. The van der Waals surface area contributed by atoms with Gasteiger partial charge in [0.05, 0.1) is 6.04 Å². The number of rotatable bonds is 6. The zero-order chi connectivity index (χ0) is 14.5. The van der Waals surface area contributed by atoms with Gasteiger partial charge in [0.25, 0.3) is 0 Å². The van der Waals surface area contributed by atoms with Gasteiger partial charge in [-0.3, -0.25) is 9.59 Å². The largest absolute Gasteiger partial charge is 0.375 e. The Kier molecular flexibility index (Phi) is 4.74. The molecule has 2 amide bonds. The van der Waals surface area contributed by atoms with Crippen molar-refractivity contribution in [3.8, 4) is 0 Å². The van der Waals surface area contributed by atoms with Crippen LogP contribution in [0.25, 0.3) is 0 Å². The Hall–Kier alpha value is -1.88. The molecule has 108 valence electrons. The molecule has 0 aliphatic heterocycles. The number of benzene rings is 1. The van der Waals surface area contributed by atoms with Crippen molar-refractivity contribution < 1.29 is 14.3 Å². The van der Waals surface area contributed by atoms with E-state index in [-0.39, 0.29) is 30.4 Å². The Morgan fingerprint density at radius 3 is 2.50 bits per heavy atom. The van der Waals surface area contributed by atoms with Crippen molar-refractivity contribution in [2.24, 2.45) is 5.92 Å². The molecule has 1 saturated carbocycles. The average Bonchev–Trinajstić information content (AvgIpc) is 3.24. The molecule has 2 N–H and O–H groups in total. The molecule has 1 aromatic carbocycles. The van der Waals surface area contributed by atoms with Crippen LogP contribution in [0.3, 0.4) is 0 Å². The molecule has 1 aliphatic carbocycles. The van der Waals surface area contributed by atoms with Gasteiger partial charge >= 0.3 is 0 Å². The maximum absolute atomic E-state index is 11.6. The van der Waals surface area contributed by atoms with E-state index in [1.807, 2.05) is 31.2 Å². The van der Waals surface area contributed by atoms with Gasteiger partial charge in [-0.2, -0.15) is 0 Å². The lowest BCUT2D eigenvalue weighted by Crippen LogP contribution is -2.29. The Morgan fingerprint density at radius 1 is 1.30 bits per heavy atom. The van der Waals surface area contributed by atoms with Gasteiger partial charge in [-0.05, 0) is 37.5 Å². The normalized spacial score (nSPS) is 15.5. The Labute approximate surface area is 118 Å². The number of methoxy groups -OCH3 is 1. The molecule has 1 aromatic rings. The Bertz CT molecular complexity index is 480. The lowest BCUT2D eigenvalue weighted by molar-refractivity contribution is -0.125. The third kappa shape index (κ3) is 4.06. The van der Waals surface area contributed by atoms with Gasteiger partial charge in [-0.15, -0.1) is 0 Å². The van der Waals surface area contributed by atoms with Crippen molar-refractivity contribution in [2.75, 3.05) is 19.0 Å². The monoisotopic (exact) mass is 276 g/mol. The van der Waals surface area contributed by atoms with E-state index < -0.39 is 0 Å². The van der Waals surface area contributed by atoms with Crippen molar-refractivity contribution >= 4 is 17.5 Å². The highest BCUT2D eigenvalue weighted by Crippen LogP contribution is 2.30. The second-order valence-electron chi connectivity index (χ2n) is 5.11. The molecule has 2 rings (SSSR count). The zero-order valence-corrected chi connectivity index (χ0v) is 11.8. The summed E-state index contributed by atoms with van der Waals surface area (Å²) in [5, 5.41) is 5.72. The van der Waals surface area contributed by atoms with Gasteiger partial charge in [0, 0.05) is 18.7 Å². The van der Waals surface area contributed by atoms with E-state index in [1.54, 1.807) is 0 Å². The van der Waals surface area contributed by atoms with Gasteiger partial charge in [-0.25, -0.2) is 0 Å². The quantitative estimate of drug-likeness (QED) is 0.833. The molecule has 20 heavy (non-hydrogen) atoms. The molecule has 0 aromatic heterocycles. The van der Waals surface area contributed by atoms with Crippen LogP contribution in [0.15, 0.2) is 24.3 Å². The van der Waals surface area contributed by atoms with E-state index in [0.29, 0.717) is 0 Å². The second-order valence-corrected chi connectivity index (χ2v) is 5.11. The number of amides is 2. The van der Waals surface area contributed by atoms with Crippen molar-refractivity contribution in [3.05, 3.63) is 29.8 Å². The summed E-state index contributed by atoms with van der Waals surface area (Å²) in [6, 6.07) is 7.43. The fourth-order valence-electron chi connectivity index (χ4n) is 1.94. The molecule has 0 bridgehead atoms. The number of hydrogen-bond donors (Lipinski definition) is 2. The molecule has 1 unspecified atom stereocenters. The van der Waals surface area contributed by atoms with E-state index >= 15 is 0 Å². The fraction of sp³-hybridized carbons (Fsp3) is 0.467. The number of carbonyl (C=O) groups excluding carboxylic acids is 2. The Balaban J connectivity index is 1.89. The SMILES string of the molecule is COCC(=O)NC(C)c1ccc(NC(=O)C2CC2)cc1. The summed E-state index contributed by atoms with van der Waals surface area (Å²) in [4.78, 5) is 23.1. The van der Waals surface area contributed by atoms with Crippen LogP contribution in [0.2, 0.25) is 0 Å². The summed E-state index contributed by atoms with van der Waals surface area (Å²) in [6.07, 6.45) is 1.99. The first-order chi connectivity index (χ1) is 9.60. The zero-order valence-electron chi connectivity index (χ0n) is 11.8. The summed E-state index contributed by atoms with van der Waals surface area (Å²) >= 11 is 0. The molecule has 0 saturated heterocycles. The third-order valence-electron chi connectivity index (χ3n) is 3.28. The minimum absolute atomic E-state index is 0.0554. The highest BCUT2D eigenvalue weighted by Gasteiger charge is 2.29. The van der Waals surface area contributed by atoms with Crippen molar-refractivity contribution in [2.45, 2.75) is 25.8 Å². The summed E-state index contributed by atoms with van der Waals surface area (Å²) in [5.41, 5.74) is 1.78. The van der Waals surface area contributed by atoms with Crippen LogP contribution in [0, 0.1) is 5.92 Å². The molecular weight excluding hydrogens is 256 g/mol. The van der Waals surface area contributed by atoms with Crippen molar-refractivity contribution in [3.63, 3.8) is 0 Å². The van der Waals surface area contributed by atoms with Gasteiger partial charge < -0.3 is 15.4 Å². The third-order valence-corrected chi connectivity index (χ3v) is 3.28. The van der Waals surface area contributed by atoms with Crippen molar-refractivity contribution in [1.82, 2.24) is 5.32 Å². The predicted molar refractivity (Wildman–Crippen MR) is 76.2 cm³/mol. The van der Waals surface area contributed by atoms with E-state index in [4.69, 9.17) is 4.74 Å². The first-order valence-corrected chi connectivity index (χ1v) is 6.79. The van der Waals surface area contributed by atoms with Gasteiger partial charge in [0.15, 0.2) is 0 Å². The number of carbonyl (C=O) groups is 2. The molecule has 1 atom stereocenters. The first-order valence-electron chi connectivity index (χ1n) is 6.79. The second kappa shape index (κ2) is 6.52. The maximum Gasteiger partial charge on any atom is 0.246 e. The fourth-order valence-corrected chi connectivity index (χ4v) is 1.94. The summed E-state index contributed by atoms with van der Waals surface area (Å²) < 4.78 is 4.77. The number of ether oxygens (including phenoxy) is 1. The molecule has 1 fully saturated rings. The van der Waals surface area contributed by atoms with Crippen LogP contribution < -0.4 is 10.6 Å².